The largest absolute Gasteiger partial charge is 0.321 e. The second kappa shape index (κ2) is 6.84. The number of amides is 1. The van der Waals surface area contributed by atoms with Crippen molar-refractivity contribution < 1.29 is 4.79 Å². The van der Waals surface area contributed by atoms with Crippen LogP contribution in [0.4, 0.5) is 5.00 Å². The molecule has 0 atom stereocenters. The SMILES string of the molecule is N#CN[C@H]1C[C@H](C(=O)Nc2sc(C3CCCCC3)nc2Cl)C1. The van der Waals surface area contributed by atoms with Gasteiger partial charge in [-0.15, -0.1) is 0 Å². The average molecular weight is 339 g/mol. The molecule has 0 unspecified atom stereocenters. The van der Waals surface area contributed by atoms with Crippen LogP contribution in [0.5, 0.6) is 0 Å². The third-order valence-electron chi connectivity index (χ3n) is 4.57. The van der Waals surface area contributed by atoms with Gasteiger partial charge in [0, 0.05) is 17.9 Å². The molecule has 1 aromatic heterocycles. The minimum Gasteiger partial charge on any atom is -0.321 e. The number of halogens is 1. The van der Waals surface area contributed by atoms with E-state index in [9.17, 15) is 4.79 Å². The Morgan fingerprint density at radius 1 is 1.32 bits per heavy atom. The van der Waals surface area contributed by atoms with Gasteiger partial charge in [-0.25, -0.2) is 4.98 Å². The number of anilines is 1. The minimum atomic E-state index is -0.0397. The molecule has 2 fully saturated rings. The molecule has 3 rings (SSSR count). The standard InChI is InChI=1S/C15H19ClN4OS/c16-12-15(20-13(21)10-6-11(7-10)18-8-17)22-14(19-12)9-4-2-1-3-5-9/h9-11,18H,1-7H2,(H,20,21)/t10-,11-. The summed E-state index contributed by atoms with van der Waals surface area (Å²) < 4.78 is 0. The van der Waals surface area contributed by atoms with Crippen molar-refractivity contribution in [2.75, 3.05) is 5.32 Å². The predicted octanol–water partition coefficient (Wildman–Crippen LogP) is 3.63. The van der Waals surface area contributed by atoms with Gasteiger partial charge in [0.25, 0.3) is 0 Å². The summed E-state index contributed by atoms with van der Waals surface area (Å²) in [5.41, 5.74) is 0. The number of nitrogens with one attached hydrogen (secondary N) is 2. The van der Waals surface area contributed by atoms with E-state index in [1.807, 2.05) is 6.19 Å². The number of nitrogens with zero attached hydrogens (tertiary/aromatic N) is 2. The lowest BCUT2D eigenvalue weighted by molar-refractivity contribution is -0.122. The molecule has 0 radical (unpaired) electrons. The Kier molecular flexibility index (Phi) is 4.84. The molecule has 1 heterocycles. The van der Waals surface area contributed by atoms with E-state index in [0.717, 1.165) is 5.01 Å². The average Bonchev–Trinajstić information content (AvgIpc) is 2.84. The molecule has 0 aliphatic heterocycles. The van der Waals surface area contributed by atoms with Crippen molar-refractivity contribution in [1.29, 1.82) is 5.26 Å². The predicted molar refractivity (Wildman–Crippen MR) is 86.8 cm³/mol. The number of thiazole rings is 1. The zero-order chi connectivity index (χ0) is 15.5. The molecule has 2 aliphatic carbocycles. The molecule has 7 heteroatoms. The topological polar surface area (TPSA) is 77.8 Å². The summed E-state index contributed by atoms with van der Waals surface area (Å²) >= 11 is 7.70. The highest BCUT2D eigenvalue weighted by molar-refractivity contribution is 7.16. The van der Waals surface area contributed by atoms with E-state index in [-0.39, 0.29) is 17.9 Å². The van der Waals surface area contributed by atoms with Crippen LogP contribution in [-0.2, 0) is 4.79 Å². The third kappa shape index (κ3) is 3.36. The van der Waals surface area contributed by atoms with Gasteiger partial charge in [0.2, 0.25) is 5.91 Å². The molecule has 0 saturated heterocycles. The fraction of sp³-hybridized carbons (Fsp3) is 0.667. The first-order valence-electron chi connectivity index (χ1n) is 7.79. The Hall–Kier alpha value is -1.32. The van der Waals surface area contributed by atoms with Crippen molar-refractivity contribution in [2.24, 2.45) is 5.92 Å². The number of aromatic nitrogens is 1. The summed E-state index contributed by atoms with van der Waals surface area (Å²) in [6, 6.07) is 0.135. The quantitative estimate of drug-likeness (QED) is 0.649. The highest BCUT2D eigenvalue weighted by Gasteiger charge is 2.35. The van der Waals surface area contributed by atoms with Gasteiger partial charge >= 0.3 is 0 Å². The van der Waals surface area contributed by atoms with Crippen LogP contribution in [-0.4, -0.2) is 16.9 Å². The monoisotopic (exact) mass is 338 g/mol. The van der Waals surface area contributed by atoms with E-state index < -0.39 is 0 Å². The third-order valence-corrected chi connectivity index (χ3v) is 6.09. The zero-order valence-corrected chi connectivity index (χ0v) is 13.8. The first kappa shape index (κ1) is 15.6. The summed E-state index contributed by atoms with van der Waals surface area (Å²) in [6.07, 6.45) is 9.45. The molecule has 0 bridgehead atoms. The Morgan fingerprint density at radius 3 is 2.73 bits per heavy atom. The summed E-state index contributed by atoms with van der Waals surface area (Å²) in [5, 5.41) is 16.3. The van der Waals surface area contributed by atoms with Crippen LogP contribution in [0.2, 0.25) is 5.15 Å². The second-order valence-corrected chi connectivity index (χ2v) is 7.51. The fourth-order valence-electron chi connectivity index (χ4n) is 3.17. The molecule has 2 saturated carbocycles. The zero-order valence-electron chi connectivity index (χ0n) is 12.3. The highest BCUT2D eigenvalue weighted by Crippen LogP contribution is 2.40. The molecule has 2 aliphatic rings. The Labute approximate surface area is 139 Å². The lowest BCUT2D eigenvalue weighted by atomic mass is 9.80. The number of rotatable bonds is 4. The van der Waals surface area contributed by atoms with Crippen molar-refractivity contribution in [3.05, 3.63) is 10.2 Å². The van der Waals surface area contributed by atoms with E-state index in [1.54, 1.807) is 0 Å². The van der Waals surface area contributed by atoms with Crippen LogP contribution < -0.4 is 10.6 Å². The van der Waals surface area contributed by atoms with Crippen LogP contribution in [0, 0.1) is 17.4 Å². The number of carbonyl (C=O) groups is 1. The summed E-state index contributed by atoms with van der Waals surface area (Å²) in [7, 11) is 0. The van der Waals surface area contributed by atoms with Crippen LogP contribution in [0.3, 0.4) is 0 Å². The van der Waals surface area contributed by atoms with Crippen molar-refractivity contribution in [3.63, 3.8) is 0 Å². The van der Waals surface area contributed by atoms with Crippen molar-refractivity contribution in [2.45, 2.75) is 56.9 Å². The van der Waals surface area contributed by atoms with Crippen LogP contribution >= 0.6 is 22.9 Å². The van der Waals surface area contributed by atoms with Gasteiger partial charge in [-0.2, -0.15) is 5.26 Å². The Balaban J connectivity index is 1.57. The van der Waals surface area contributed by atoms with Gasteiger partial charge in [-0.05, 0) is 25.7 Å². The van der Waals surface area contributed by atoms with Gasteiger partial charge < -0.3 is 10.6 Å². The highest BCUT2D eigenvalue weighted by atomic mass is 35.5. The lowest BCUT2D eigenvalue weighted by Crippen LogP contribution is -2.44. The number of nitriles is 1. The minimum absolute atomic E-state index is 0.0169. The molecule has 2 N–H and O–H groups in total. The van der Waals surface area contributed by atoms with Gasteiger partial charge in [0.1, 0.15) is 5.00 Å². The molecule has 1 amide bonds. The number of hydrogen-bond donors (Lipinski definition) is 2. The number of carbonyl (C=O) groups excluding carboxylic acids is 1. The summed E-state index contributed by atoms with van der Waals surface area (Å²) in [5.74, 6) is 0.439. The number of hydrogen-bond acceptors (Lipinski definition) is 5. The Morgan fingerprint density at radius 2 is 2.05 bits per heavy atom. The van der Waals surface area contributed by atoms with Gasteiger partial charge in [0.15, 0.2) is 11.3 Å². The summed E-state index contributed by atoms with van der Waals surface area (Å²) in [6.45, 7) is 0. The maximum atomic E-state index is 12.2. The van der Waals surface area contributed by atoms with Crippen LogP contribution in [0.15, 0.2) is 0 Å². The molecule has 22 heavy (non-hydrogen) atoms. The maximum Gasteiger partial charge on any atom is 0.228 e. The first-order valence-corrected chi connectivity index (χ1v) is 8.98. The fourth-order valence-corrected chi connectivity index (χ4v) is 4.51. The smallest absolute Gasteiger partial charge is 0.228 e. The van der Waals surface area contributed by atoms with Crippen molar-refractivity contribution in [1.82, 2.24) is 10.3 Å². The van der Waals surface area contributed by atoms with Gasteiger partial charge in [-0.1, -0.05) is 42.2 Å². The van der Waals surface area contributed by atoms with Crippen LogP contribution in [0.25, 0.3) is 0 Å². The Bertz CT molecular complexity index is 585. The van der Waals surface area contributed by atoms with Crippen LogP contribution in [0.1, 0.15) is 55.9 Å². The van der Waals surface area contributed by atoms with E-state index >= 15 is 0 Å². The molecule has 0 spiro atoms. The van der Waals surface area contributed by atoms with E-state index in [0.29, 0.717) is 28.9 Å². The van der Waals surface area contributed by atoms with Crippen molar-refractivity contribution in [3.8, 4) is 6.19 Å². The molecular formula is C15H19ClN4OS. The second-order valence-electron chi connectivity index (χ2n) is 6.12. The van der Waals surface area contributed by atoms with E-state index in [4.69, 9.17) is 16.9 Å². The maximum absolute atomic E-state index is 12.2. The van der Waals surface area contributed by atoms with Gasteiger partial charge in [0.05, 0.1) is 5.01 Å². The van der Waals surface area contributed by atoms with Crippen molar-refractivity contribution >= 4 is 33.8 Å². The molecule has 118 valence electrons. The molecule has 0 aromatic carbocycles. The summed E-state index contributed by atoms with van der Waals surface area (Å²) in [4.78, 5) is 16.6. The normalized spacial score (nSPS) is 25.1. The van der Waals surface area contributed by atoms with Gasteiger partial charge in [-0.3, -0.25) is 4.79 Å². The van der Waals surface area contributed by atoms with E-state index in [2.05, 4.69) is 15.6 Å². The van der Waals surface area contributed by atoms with E-state index in [1.165, 1.54) is 43.4 Å². The lowest BCUT2D eigenvalue weighted by Gasteiger charge is -2.32. The molecule has 5 nitrogen and oxygen atoms in total. The first-order chi connectivity index (χ1) is 10.7. The molecular weight excluding hydrogens is 320 g/mol. The molecule has 1 aromatic rings.